The Balaban J connectivity index is 2.16. The molecule has 2 aromatic rings. The van der Waals surface area contributed by atoms with Crippen molar-refractivity contribution in [2.24, 2.45) is 0 Å². The minimum atomic E-state index is -4.49. The van der Waals surface area contributed by atoms with E-state index in [1.165, 1.54) is 12.3 Å². The van der Waals surface area contributed by atoms with Crippen LogP contribution in [0.1, 0.15) is 21.7 Å². The highest BCUT2D eigenvalue weighted by molar-refractivity contribution is 9.10. The van der Waals surface area contributed by atoms with Gasteiger partial charge in [0.25, 0.3) is 5.91 Å². The normalized spacial score (nSPS) is 11.4. The van der Waals surface area contributed by atoms with E-state index in [0.29, 0.717) is 10.3 Å². The molecule has 20 heavy (non-hydrogen) atoms. The van der Waals surface area contributed by atoms with E-state index in [0.717, 1.165) is 12.1 Å². The maximum absolute atomic E-state index is 12.6. The van der Waals surface area contributed by atoms with Crippen molar-refractivity contribution in [2.75, 3.05) is 0 Å². The van der Waals surface area contributed by atoms with Crippen LogP contribution in [0.3, 0.4) is 0 Å². The second-order valence-electron chi connectivity index (χ2n) is 3.91. The van der Waals surface area contributed by atoms with Gasteiger partial charge in [-0.1, -0.05) is 0 Å². The van der Waals surface area contributed by atoms with E-state index in [1.807, 2.05) is 0 Å². The van der Waals surface area contributed by atoms with Crippen LogP contribution in [0.5, 0.6) is 0 Å². The van der Waals surface area contributed by atoms with E-state index in [2.05, 4.69) is 31.2 Å². The molecule has 1 amide bonds. The number of halogens is 4. The van der Waals surface area contributed by atoms with Gasteiger partial charge in [-0.25, -0.2) is 4.98 Å². The van der Waals surface area contributed by atoms with Gasteiger partial charge >= 0.3 is 6.18 Å². The fourth-order valence-corrected chi connectivity index (χ4v) is 1.96. The van der Waals surface area contributed by atoms with Crippen molar-refractivity contribution in [1.29, 1.82) is 0 Å². The molecule has 0 atom stereocenters. The fourth-order valence-electron chi connectivity index (χ4n) is 1.53. The molecule has 0 aliphatic rings. The van der Waals surface area contributed by atoms with Crippen LogP contribution in [0.25, 0.3) is 0 Å². The van der Waals surface area contributed by atoms with Gasteiger partial charge in [0.1, 0.15) is 5.82 Å². The van der Waals surface area contributed by atoms with Crippen LogP contribution >= 0.6 is 15.9 Å². The molecule has 2 N–H and O–H groups in total. The van der Waals surface area contributed by atoms with Gasteiger partial charge in [0.2, 0.25) is 0 Å². The highest BCUT2D eigenvalue weighted by Gasteiger charge is 2.31. The molecule has 4 nitrogen and oxygen atoms in total. The number of aromatic amines is 1. The number of H-pyrrole nitrogens is 1. The molecule has 0 aliphatic carbocycles. The van der Waals surface area contributed by atoms with Crippen molar-refractivity contribution >= 4 is 21.8 Å². The number of nitrogens with zero attached hydrogens (tertiary/aromatic N) is 1. The molecule has 1 aromatic heterocycles. The summed E-state index contributed by atoms with van der Waals surface area (Å²) in [5.41, 5.74) is -0.949. The van der Waals surface area contributed by atoms with Crippen molar-refractivity contribution in [3.8, 4) is 0 Å². The van der Waals surface area contributed by atoms with E-state index in [4.69, 9.17) is 0 Å². The van der Waals surface area contributed by atoms with Gasteiger partial charge in [-0.3, -0.25) is 4.79 Å². The predicted molar refractivity (Wildman–Crippen MR) is 68.9 cm³/mol. The van der Waals surface area contributed by atoms with Gasteiger partial charge in [0, 0.05) is 16.9 Å². The summed E-state index contributed by atoms with van der Waals surface area (Å²) < 4.78 is 38.1. The topological polar surface area (TPSA) is 57.8 Å². The second kappa shape index (κ2) is 5.66. The number of hydrogen-bond acceptors (Lipinski definition) is 2. The average Bonchev–Trinajstić information content (AvgIpc) is 2.88. The number of alkyl halides is 3. The smallest absolute Gasteiger partial charge is 0.347 e. The van der Waals surface area contributed by atoms with Crippen molar-refractivity contribution in [2.45, 2.75) is 12.7 Å². The van der Waals surface area contributed by atoms with E-state index in [9.17, 15) is 18.0 Å². The van der Waals surface area contributed by atoms with Crippen molar-refractivity contribution in [3.05, 3.63) is 52.0 Å². The number of aromatic nitrogens is 2. The zero-order valence-electron chi connectivity index (χ0n) is 9.96. The molecule has 1 aromatic carbocycles. The molecule has 0 saturated carbocycles. The average molecular weight is 348 g/mol. The molecular weight excluding hydrogens is 339 g/mol. The Morgan fingerprint density at radius 1 is 1.40 bits per heavy atom. The van der Waals surface area contributed by atoms with Gasteiger partial charge in [-0.05, 0) is 34.1 Å². The summed E-state index contributed by atoms with van der Waals surface area (Å²) in [5, 5.41) is 2.49. The lowest BCUT2D eigenvalue weighted by atomic mass is 10.1. The number of nitrogens with one attached hydrogen (secondary N) is 2. The largest absolute Gasteiger partial charge is 0.416 e. The number of amides is 1. The maximum Gasteiger partial charge on any atom is 0.416 e. The fraction of sp³-hybridized carbons (Fsp3) is 0.167. The quantitative estimate of drug-likeness (QED) is 0.896. The van der Waals surface area contributed by atoms with E-state index >= 15 is 0 Å². The lowest BCUT2D eigenvalue weighted by Gasteiger charge is -2.10. The van der Waals surface area contributed by atoms with Crippen LogP contribution in [0.2, 0.25) is 0 Å². The van der Waals surface area contributed by atoms with Gasteiger partial charge in [-0.2, -0.15) is 13.2 Å². The van der Waals surface area contributed by atoms with Crippen molar-refractivity contribution in [1.82, 2.24) is 15.3 Å². The van der Waals surface area contributed by atoms with Crippen LogP contribution < -0.4 is 5.32 Å². The standard InChI is InChI=1S/C12H9BrF3N3O/c13-9-2-1-7(12(14,15)16)5-8(9)11(20)19-6-10-17-3-4-18-10/h1-5H,6H2,(H,17,18)(H,19,20). The third kappa shape index (κ3) is 3.38. The number of carbonyl (C=O) groups excluding carboxylic acids is 1. The molecule has 1 heterocycles. The van der Waals surface area contributed by atoms with Crippen LogP contribution in [0.4, 0.5) is 13.2 Å². The van der Waals surface area contributed by atoms with Gasteiger partial charge in [0.05, 0.1) is 17.7 Å². The molecule has 0 fully saturated rings. The summed E-state index contributed by atoms with van der Waals surface area (Å²) in [7, 11) is 0. The second-order valence-corrected chi connectivity index (χ2v) is 4.77. The predicted octanol–water partition coefficient (Wildman–Crippen LogP) is 3.12. The summed E-state index contributed by atoms with van der Waals surface area (Å²) in [4.78, 5) is 18.6. The zero-order valence-corrected chi connectivity index (χ0v) is 11.5. The summed E-state index contributed by atoms with van der Waals surface area (Å²) in [6, 6.07) is 2.92. The van der Waals surface area contributed by atoms with Crippen LogP contribution in [0, 0.1) is 0 Å². The first-order valence-electron chi connectivity index (χ1n) is 5.51. The Morgan fingerprint density at radius 2 is 2.15 bits per heavy atom. The molecule has 2 rings (SSSR count). The highest BCUT2D eigenvalue weighted by atomic mass is 79.9. The number of rotatable bonds is 3. The molecule has 106 valence electrons. The summed E-state index contributed by atoms with van der Waals surface area (Å²) in [6.45, 7) is 0.106. The third-order valence-corrected chi connectivity index (χ3v) is 3.20. The zero-order chi connectivity index (χ0) is 14.8. The molecular formula is C12H9BrF3N3O. The third-order valence-electron chi connectivity index (χ3n) is 2.51. The van der Waals surface area contributed by atoms with E-state index in [1.54, 1.807) is 6.20 Å². The monoisotopic (exact) mass is 347 g/mol. The molecule has 0 unspecified atom stereocenters. The van der Waals surface area contributed by atoms with Crippen LogP contribution in [-0.2, 0) is 12.7 Å². The van der Waals surface area contributed by atoms with E-state index < -0.39 is 17.6 Å². The molecule has 0 bridgehead atoms. The van der Waals surface area contributed by atoms with Gasteiger partial charge in [-0.15, -0.1) is 0 Å². The summed E-state index contributed by atoms with van der Waals surface area (Å²) >= 11 is 3.06. The first-order chi connectivity index (χ1) is 9.38. The number of imidazole rings is 1. The lowest BCUT2D eigenvalue weighted by molar-refractivity contribution is -0.137. The lowest BCUT2D eigenvalue weighted by Crippen LogP contribution is -2.24. The first kappa shape index (κ1) is 14.6. The Morgan fingerprint density at radius 3 is 2.75 bits per heavy atom. The number of carbonyl (C=O) groups is 1. The molecule has 0 aliphatic heterocycles. The number of benzene rings is 1. The first-order valence-corrected chi connectivity index (χ1v) is 6.30. The van der Waals surface area contributed by atoms with E-state index in [-0.39, 0.29) is 12.1 Å². The van der Waals surface area contributed by atoms with Crippen molar-refractivity contribution in [3.63, 3.8) is 0 Å². The molecule has 0 radical (unpaired) electrons. The van der Waals surface area contributed by atoms with Crippen molar-refractivity contribution < 1.29 is 18.0 Å². The minimum Gasteiger partial charge on any atom is -0.347 e. The Labute approximate surface area is 120 Å². The number of hydrogen-bond donors (Lipinski definition) is 2. The maximum atomic E-state index is 12.6. The molecule has 0 spiro atoms. The van der Waals surface area contributed by atoms with Gasteiger partial charge < -0.3 is 10.3 Å². The Hall–Kier alpha value is -1.83. The van der Waals surface area contributed by atoms with Crippen LogP contribution in [0.15, 0.2) is 35.1 Å². The Bertz CT molecular complexity index is 611. The highest BCUT2D eigenvalue weighted by Crippen LogP contribution is 2.31. The molecule has 0 saturated heterocycles. The molecule has 8 heteroatoms. The van der Waals surface area contributed by atoms with Gasteiger partial charge in [0.15, 0.2) is 0 Å². The minimum absolute atomic E-state index is 0.0774. The Kier molecular flexibility index (Phi) is 4.12. The SMILES string of the molecule is O=C(NCc1ncc[nH]1)c1cc(C(F)(F)F)ccc1Br. The summed E-state index contributed by atoms with van der Waals surface area (Å²) in [5.74, 6) is -0.0965. The summed E-state index contributed by atoms with van der Waals surface area (Å²) in [6.07, 6.45) is -1.39. The van der Waals surface area contributed by atoms with Crippen LogP contribution in [-0.4, -0.2) is 15.9 Å².